The number of nitrogens with zero attached hydrogens (tertiary/aromatic N) is 3. The third kappa shape index (κ3) is 3.02. The first-order valence-corrected chi connectivity index (χ1v) is 7.53. The molecule has 0 aromatic carbocycles. The quantitative estimate of drug-likeness (QED) is 0.643. The standard InChI is InChI=1S/C14H24N4O3/c1-4-17-13(12(18(20)21)11(3)16-17)15-14(9-19)7-5-6-10(2)8-14/h10,15,19H,4-9H2,1-3H3. The largest absolute Gasteiger partial charge is 0.394 e. The summed E-state index contributed by atoms with van der Waals surface area (Å²) in [7, 11) is 0. The van der Waals surface area contributed by atoms with Gasteiger partial charge in [-0.15, -0.1) is 0 Å². The summed E-state index contributed by atoms with van der Waals surface area (Å²) < 4.78 is 1.62. The van der Waals surface area contributed by atoms with Crippen LogP contribution in [0, 0.1) is 23.0 Å². The maximum atomic E-state index is 11.3. The van der Waals surface area contributed by atoms with Crippen LogP contribution in [0.2, 0.25) is 0 Å². The SMILES string of the molecule is CCn1nc(C)c([N+](=O)[O-])c1NC1(CO)CCCC(C)C1. The molecule has 1 aromatic heterocycles. The Kier molecular flexibility index (Phi) is 4.51. The van der Waals surface area contributed by atoms with Gasteiger partial charge >= 0.3 is 5.69 Å². The van der Waals surface area contributed by atoms with Crippen molar-refractivity contribution < 1.29 is 10.0 Å². The summed E-state index contributed by atoms with van der Waals surface area (Å²) in [6, 6.07) is 0. The molecule has 0 aliphatic heterocycles. The molecule has 1 aromatic rings. The fraction of sp³-hybridized carbons (Fsp3) is 0.786. The van der Waals surface area contributed by atoms with Crippen LogP contribution >= 0.6 is 0 Å². The van der Waals surface area contributed by atoms with Gasteiger partial charge in [0.05, 0.1) is 17.1 Å². The monoisotopic (exact) mass is 296 g/mol. The minimum atomic E-state index is -0.484. The van der Waals surface area contributed by atoms with Crippen molar-refractivity contribution in [3.8, 4) is 0 Å². The summed E-state index contributed by atoms with van der Waals surface area (Å²) in [6.45, 7) is 6.22. The highest BCUT2D eigenvalue weighted by atomic mass is 16.6. The molecule has 2 unspecified atom stereocenters. The second kappa shape index (κ2) is 6.01. The number of aryl methyl sites for hydroxylation is 2. The zero-order valence-corrected chi connectivity index (χ0v) is 12.9. The average molecular weight is 296 g/mol. The number of aliphatic hydroxyl groups excluding tert-OH is 1. The van der Waals surface area contributed by atoms with E-state index in [0.717, 1.165) is 25.7 Å². The van der Waals surface area contributed by atoms with E-state index in [-0.39, 0.29) is 12.3 Å². The second-order valence-corrected chi connectivity index (χ2v) is 6.12. The first-order chi connectivity index (χ1) is 9.92. The van der Waals surface area contributed by atoms with Crippen LogP contribution < -0.4 is 5.32 Å². The van der Waals surface area contributed by atoms with Crippen LogP contribution in [0.25, 0.3) is 0 Å². The van der Waals surface area contributed by atoms with Crippen molar-refractivity contribution in [2.45, 2.75) is 58.5 Å². The smallest absolute Gasteiger partial charge is 0.333 e. The summed E-state index contributed by atoms with van der Waals surface area (Å²) in [6.07, 6.45) is 3.78. The maximum absolute atomic E-state index is 11.3. The lowest BCUT2D eigenvalue weighted by Crippen LogP contribution is -2.46. The number of rotatable bonds is 5. The van der Waals surface area contributed by atoms with Gasteiger partial charge in [-0.3, -0.25) is 10.1 Å². The molecular formula is C14H24N4O3. The number of aliphatic hydroxyl groups is 1. The van der Waals surface area contributed by atoms with E-state index in [1.54, 1.807) is 11.6 Å². The molecule has 1 saturated carbocycles. The van der Waals surface area contributed by atoms with Gasteiger partial charge in [-0.05, 0) is 32.6 Å². The Balaban J connectivity index is 2.39. The van der Waals surface area contributed by atoms with Gasteiger partial charge in [0.2, 0.25) is 5.82 Å². The Morgan fingerprint density at radius 3 is 2.86 bits per heavy atom. The first kappa shape index (κ1) is 15.8. The number of aromatic nitrogens is 2. The van der Waals surface area contributed by atoms with E-state index in [1.165, 1.54) is 0 Å². The molecule has 0 spiro atoms. The molecule has 0 radical (unpaired) electrons. The summed E-state index contributed by atoms with van der Waals surface area (Å²) >= 11 is 0. The number of hydrogen-bond donors (Lipinski definition) is 2. The molecule has 2 atom stereocenters. The highest BCUT2D eigenvalue weighted by Gasteiger charge is 2.38. The van der Waals surface area contributed by atoms with Crippen LogP contribution in [-0.2, 0) is 6.54 Å². The fourth-order valence-electron chi connectivity index (χ4n) is 3.35. The van der Waals surface area contributed by atoms with Crippen LogP contribution in [0.3, 0.4) is 0 Å². The Morgan fingerprint density at radius 2 is 2.33 bits per heavy atom. The van der Waals surface area contributed by atoms with Crippen molar-refractivity contribution >= 4 is 11.5 Å². The van der Waals surface area contributed by atoms with Gasteiger partial charge in [-0.25, -0.2) is 4.68 Å². The van der Waals surface area contributed by atoms with Gasteiger partial charge in [0.25, 0.3) is 0 Å². The van der Waals surface area contributed by atoms with E-state index in [1.807, 2.05) is 6.92 Å². The van der Waals surface area contributed by atoms with Crippen LogP contribution in [0.15, 0.2) is 0 Å². The van der Waals surface area contributed by atoms with E-state index in [4.69, 9.17) is 0 Å². The molecule has 2 rings (SSSR count). The molecule has 7 heteroatoms. The first-order valence-electron chi connectivity index (χ1n) is 7.53. The van der Waals surface area contributed by atoms with Gasteiger partial charge in [-0.1, -0.05) is 19.8 Å². The lowest BCUT2D eigenvalue weighted by molar-refractivity contribution is -0.384. The van der Waals surface area contributed by atoms with Gasteiger partial charge in [-0.2, -0.15) is 5.10 Å². The highest BCUT2D eigenvalue weighted by Crippen LogP contribution is 2.38. The molecule has 1 aliphatic rings. The van der Waals surface area contributed by atoms with Crippen molar-refractivity contribution in [3.63, 3.8) is 0 Å². The lowest BCUT2D eigenvalue weighted by Gasteiger charge is -2.39. The summed E-state index contributed by atoms with van der Waals surface area (Å²) in [4.78, 5) is 10.9. The third-order valence-corrected chi connectivity index (χ3v) is 4.36. The molecule has 2 N–H and O–H groups in total. The predicted molar refractivity (Wildman–Crippen MR) is 80.4 cm³/mol. The Morgan fingerprint density at radius 1 is 1.62 bits per heavy atom. The third-order valence-electron chi connectivity index (χ3n) is 4.36. The van der Waals surface area contributed by atoms with Crippen molar-refractivity contribution in [3.05, 3.63) is 15.8 Å². The number of nitrogens with one attached hydrogen (secondary N) is 1. The van der Waals surface area contributed by atoms with E-state index in [9.17, 15) is 15.2 Å². The zero-order chi connectivity index (χ0) is 15.6. The van der Waals surface area contributed by atoms with Gasteiger partial charge in [0.15, 0.2) is 0 Å². The molecule has 1 fully saturated rings. The minimum absolute atomic E-state index is 0.0166. The fourth-order valence-corrected chi connectivity index (χ4v) is 3.35. The predicted octanol–water partition coefficient (Wildman–Crippen LogP) is 2.47. The summed E-state index contributed by atoms with van der Waals surface area (Å²) in [5, 5.41) is 28.7. The highest BCUT2D eigenvalue weighted by molar-refractivity contribution is 5.61. The van der Waals surface area contributed by atoms with Crippen molar-refractivity contribution in [1.82, 2.24) is 9.78 Å². The number of anilines is 1. The average Bonchev–Trinajstić information content (AvgIpc) is 2.74. The molecule has 0 bridgehead atoms. The lowest BCUT2D eigenvalue weighted by atomic mass is 9.77. The van der Waals surface area contributed by atoms with Crippen molar-refractivity contribution in [2.75, 3.05) is 11.9 Å². The Hall–Kier alpha value is -1.63. The van der Waals surface area contributed by atoms with Crippen molar-refractivity contribution in [2.24, 2.45) is 5.92 Å². The minimum Gasteiger partial charge on any atom is -0.394 e. The Labute approximate surface area is 124 Å². The summed E-state index contributed by atoms with van der Waals surface area (Å²) in [5.74, 6) is 0.916. The normalized spacial score (nSPS) is 25.8. The van der Waals surface area contributed by atoms with Crippen molar-refractivity contribution in [1.29, 1.82) is 0 Å². The van der Waals surface area contributed by atoms with Gasteiger partial charge < -0.3 is 10.4 Å². The number of hydrogen-bond acceptors (Lipinski definition) is 5. The topological polar surface area (TPSA) is 93.2 Å². The molecule has 118 valence electrons. The molecule has 1 aliphatic carbocycles. The summed E-state index contributed by atoms with van der Waals surface area (Å²) in [5.41, 5.74) is -0.0638. The van der Waals surface area contributed by atoms with Gasteiger partial charge in [0.1, 0.15) is 5.69 Å². The van der Waals surface area contributed by atoms with Gasteiger partial charge in [0, 0.05) is 6.54 Å². The number of nitro groups is 1. The second-order valence-electron chi connectivity index (χ2n) is 6.12. The molecular weight excluding hydrogens is 272 g/mol. The van der Waals surface area contributed by atoms with E-state index < -0.39 is 10.5 Å². The van der Waals surface area contributed by atoms with Crippen LogP contribution in [0.5, 0.6) is 0 Å². The molecule has 7 nitrogen and oxygen atoms in total. The molecule has 1 heterocycles. The Bertz CT molecular complexity index is 529. The molecule has 0 saturated heterocycles. The van der Waals surface area contributed by atoms with Crippen LogP contribution in [0.1, 0.15) is 45.2 Å². The van der Waals surface area contributed by atoms with E-state index in [2.05, 4.69) is 17.3 Å². The van der Waals surface area contributed by atoms with E-state index >= 15 is 0 Å². The zero-order valence-electron chi connectivity index (χ0n) is 12.9. The van der Waals surface area contributed by atoms with Crippen LogP contribution in [0.4, 0.5) is 11.5 Å². The molecule has 21 heavy (non-hydrogen) atoms. The van der Waals surface area contributed by atoms with E-state index in [0.29, 0.717) is 24.0 Å². The van der Waals surface area contributed by atoms with Crippen LogP contribution in [-0.4, -0.2) is 32.0 Å². The molecule has 0 amide bonds. The maximum Gasteiger partial charge on any atom is 0.333 e.